The molecule has 26 heavy (non-hydrogen) atoms. The SMILES string of the molecule is Cc1oc(-c2cccs2)nc1C(=O)Nc1cnn(Cc2ccccc2)c1. The van der Waals surface area contributed by atoms with Crippen molar-refractivity contribution in [2.75, 3.05) is 5.32 Å². The van der Waals surface area contributed by atoms with Crippen molar-refractivity contribution in [1.29, 1.82) is 0 Å². The van der Waals surface area contributed by atoms with Crippen LogP contribution in [0.25, 0.3) is 10.8 Å². The van der Waals surface area contributed by atoms with Crippen molar-refractivity contribution < 1.29 is 9.21 Å². The van der Waals surface area contributed by atoms with Gasteiger partial charge in [0, 0.05) is 6.20 Å². The second-order valence-electron chi connectivity index (χ2n) is 5.77. The molecule has 7 heteroatoms. The molecule has 0 radical (unpaired) electrons. The maximum Gasteiger partial charge on any atom is 0.278 e. The molecule has 0 aliphatic carbocycles. The number of hydrogen-bond acceptors (Lipinski definition) is 5. The Morgan fingerprint density at radius 2 is 2.08 bits per heavy atom. The molecule has 3 aromatic heterocycles. The smallest absolute Gasteiger partial charge is 0.278 e. The average Bonchev–Trinajstić information content (AvgIpc) is 3.37. The van der Waals surface area contributed by atoms with Crippen LogP contribution < -0.4 is 5.32 Å². The summed E-state index contributed by atoms with van der Waals surface area (Å²) >= 11 is 1.52. The van der Waals surface area contributed by atoms with Gasteiger partial charge >= 0.3 is 0 Å². The highest BCUT2D eigenvalue weighted by atomic mass is 32.1. The zero-order chi connectivity index (χ0) is 17.9. The number of aromatic nitrogens is 3. The van der Waals surface area contributed by atoms with Crippen LogP contribution in [0, 0.1) is 6.92 Å². The molecular weight excluding hydrogens is 348 g/mol. The fourth-order valence-corrected chi connectivity index (χ4v) is 3.24. The third-order valence-corrected chi connectivity index (χ3v) is 4.68. The van der Waals surface area contributed by atoms with Gasteiger partial charge in [0.05, 0.1) is 23.3 Å². The van der Waals surface area contributed by atoms with Crippen LogP contribution in [-0.4, -0.2) is 20.7 Å². The molecule has 0 aliphatic heterocycles. The Kier molecular flexibility index (Phi) is 4.37. The van der Waals surface area contributed by atoms with E-state index in [9.17, 15) is 4.79 Å². The van der Waals surface area contributed by atoms with E-state index in [1.807, 2.05) is 47.8 Å². The first-order valence-electron chi connectivity index (χ1n) is 8.08. The number of nitrogens with zero attached hydrogens (tertiary/aromatic N) is 3. The molecule has 0 fully saturated rings. The van der Waals surface area contributed by atoms with Gasteiger partial charge in [0.1, 0.15) is 5.76 Å². The monoisotopic (exact) mass is 364 g/mol. The summed E-state index contributed by atoms with van der Waals surface area (Å²) in [5.41, 5.74) is 2.04. The van der Waals surface area contributed by atoms with Crippen molar-refractivity contribution in [3.05, 3.63) is 77.3 Å². The second-order valence-corrected chi connectivity index (χ2v) is 6.72. The quantitative estimate of drug-likeness (QED) is 0.576. The maximum atomic E-state index is 12.5. The summed E-state index contributed by atoms with van der Waals surface area (Å²) < 4.78 is 7.40. The zero-order valence-electron chi connectivity index (χ0n) is 14.0. The zero-order valence-corrected chi connectivity index (χ0v) is 14.9. The van der Waals surface area contributed by atoms with E-state index in [0.29, 0.717) is 23.9 Å². The Morgan fingerprint density at radius 1 is 1.23 bits per heavy atom. The molecule has 6 nitrogen and oxygen atoms in total. The topological polar surface area (TPSA) is 73.0 Å². The lowest BCUT2D eigenvalue weighted by atomic mass is 10.2. The molecular formula is C19H16N4O2S. The lowest BCUT2D eigenvalue weighted by molar-refractivity contribution is 0.102. The number of anilines is 1. The van der Waals surface area contributed by atoms with Crippen LogP contribution in [0.15, 0.2) is 64.7 Å². The fraction of sp³-hybridized carbons (Fsp3) is 0.105. The van der Waals surface area contributed by atoms with Gasteiger partial charge < -0.3 is 9.73 Å². The van der Waals surface area contributed by atoms with Crippen molar-refractivity contribution in [3.8, 4) is 10.8 Å². The normalized spacial score (nSPS) is 10.8. The van der Waals surface area contributed by atoms with Crippen molar-refractivity contribution in [2.24, 2.45) is 0 Å². The first kappa shape index (κ1) is 16.3. The van der Waals surface area contributed by atoms with E-state index in [2.05, 4.69) is 15.4 Å². The molecule has 0 saturated heterocycles. The van der Waals surface area contributed by atoms with Gasteiger partial charge in [-0.05, 0) is 23.9 Å². The number of oxazole rings is 1. The Hall–Kier alpha value is -3.19. The molecule has 0 saturated carbocycles. The summed E-state index contributed by atoms with van der Waals surface area (Å²) in [7, 11) is 0. The van der Waals surface area contributed by atoms with Gasteiger partial charge in [-0.3, -0.25) is 9.48 Å². The van der Waals surface area contributed by atoms with Gasteiger partial charge in [-0.25, -0.2) is 4.98 Å². The predicted molar refractivity (Wildman–Crippen MR) is 100 cm³/mol. The van der Waals surface area contributed by atoms with Crippen molar-refractivity contribution >= 4 is 22.9 Å². The van der Waals surface area contributed by atoms with E-state index >= 15 is 0 Å². The summed E-state index contributed by atoms with van der Waals surface area (Å²) in [6, 6.07) is 13.8. The number of aryl methyl sites for hydroxylation is 1. The minimum atomic E-state index is -0.312. The van der Waals surface area contributed by atoms with Crippen molar-refractivity contribution in [2.45, 2.75) is 13.5 Å². The summed E-state index contributed by atoms with van der Waals surface area (Å²) in [6.45, 7) is 2.38. The van der Waals surface area contributed by atoms with Crippen LogP contribution in [0.1, 0.15) is 21.8 Å². The molecule has 4 aromatic rings. The molecule has 0 unspecified atom stereocenters. The maximum absolute atomic E-state index is 12.5. The molecule has 0 spiro atoms. The van der Waals surface area contributed by atoms with Crippen LogP contribution in [0.4, 0.5) is 5.69 Å². The number of rotatable bonds is 5. The molecule has 1 N–H and O–H groups in total. The highest BCUT2D eigenvalue weighted by Gasteiger charge is 2.19. The lowest BCUT2D eigenvalue weighted by Gasteiger charge is -2.01. The minimum Gasteiger partial charge on any atom is -0.440 e. The van der Waals surface area contributed by atoms with Crippen LogP contribution in [0.3, 0.4) is 0 Å². The van der Waals surface area contributed by atoms with Crippen molar-refractivity contribution in [1.82, 2.24) is 14.8 Å². The molecule has 130 valence electrons. The molecule has 3 heterocycles. The van der Waals surface area contributed by atoms with Gasteiger partial charge in [-0.1, -0.05) is 36.4 Å². The molecule has 1 aromatic carbocycles. The number of hydrogen-bond donors (Lipinski definition) is 1. The van der Waals surface area contributed by atoms with Gasteiger partial charge in [-0.15, -0.1) is 11.3 Å². The molecule has 0 atom stereocenters. The molecule has 1 amide bonds. The van der Waals surface area contributed by atoms with E-state index in [-0.39, 0.29) is 11.6 Å². The highest BCUT2D eigenvalue weighted by molar-refractivity contribution is 7.13. The standard InChI is InChI=1S/C19H16N4O2S/c1-13-17(22-19(25-13)16-8-5-9-26-16)18(24)21-15-10-20-23(12-15)11-14-6-3-2-4-7-14/h2-10,12H,11H2,1H3,(H,21,24). The van der Waals surface area contributed by atoms with E-state index in [1.165, 1.54) is 11.3 Å². The lowest BCUT2D eigenvalue weighted by Crippen LogP contribution is -2.13. The van der Waals surface area contributed by atoms with E-state index in [0.717, 1.165) is 10.4 Å². The Morgan fingerprint density at radius 3 is 2.85 bits per heavy atom. The van der Waals surface area contributed by atoms with Gasteiger partial charge in [0.25, 0.3) is 5.91 Å². The summed E-state index contributed by atoms with van der Waals surface area (Å²) in [5, 5.41) is 9.05. The first-order chi connectivity index (χ1) is 12.7. The van der Waals surface area contributed by atoms with Gasteiger partial charge in [0.2, 0.25) is 5.89 Å². The summed E-state index contributed by atoms with van der Waals surface area (Å²) in [4.78, 5) is 17.7. The average molecular weight is 364 g/mol. The predicted octanol–water partition coefficient (Wildman–Crippen LogP) is 4.21. The van der Waals surface area contributed by atoms with Gasteiger partial charge in [-0.2, -0.15) is 5.10 Å². The molecule has 0 aliphatic rings. The van der Waals surface area contributed by atoms with Crippen molar-refractivity contribution in [3.63, 3.8) is 0 Å². The van der Waals surface area contributed by atoms with Gasteiger partial charge in [0.15, 0.2) is 5.69 Å². The van der Waals surface area contributed by atoms with Crippen LogP contribution in [0.5, 0.6) is 0 Å². The minimum absolute atomic E-state index is 0.282. The van der Waals surface area contributed by atoms with E-state index in [1.54, 1.807) is 24.0 Å². The number of carbonyl (C=O) groups is 1. The third kappa shape index (κ3) is 3.43. The third-order valence-electron chi connectivity index (χ3n) is 3.82. The molecule has 4 rings (SSSR count). The Labute approximate surface area is 154 Å². The van der Waals surface area contributed by atoms with Crippen LogP contribution in [-0.2, 0) is 6.54 Å². The number of thiophene rings is 1. The molecule has 0 bridgehead atoms. The van der Waals surface area contributed by atoms with E-state index in [4.69, 9.17) is 4.42 Å². The Bertz CT molecular complexity index is 1020. The number of benzene rings is 1. The second kappa shape index (κ2) is 6.97. The summed E-state index contributed by atoms with van der Waals surface area (Å²) in [6.07, 6.45) is 3.41. The first-order valence-corrected chi connectivity index (χ1v) is 8.96. The number of amides is 1. The highest BCUT2D eigenvalue weighted by Crippen LogP contribution is 2.26. The van der Waals surface area contributed by atoms with Crippen LogP contribution in [0.2, 0.25) is 0 Å². The largest absolute Gasteiger partial charge is 0.440 e. The van der Waals surface area contributed by atoms with Crippen LogP contribution >= 0.6 is 11.3 Å². The number of nitrogens with one attached hydrogen (secondary N) is 1. The van der Waals surface area contributed by atoms with E-state index < -0.39 is 0 Å². The summed E-state index contributed by atoms with van der Waals surface area (Å²) in [5.74, 6) is 0.637. The Balaban J connectivity index is 1.47. The fourth-order valence-electron chi connectivity index (χ4n) is 2.59. The number of carbonyl (C=O) groups excluding carboxylic acids is 1.